The molecule has 0 saturated carbocycles. The molecule has 9 nitrogen and oxygen atoms in total. The number of halogens is 1. The smallest absolute Gasteiger partial charge is 0.337 e. The minimum absolute atomic E-state index is 0.00105. The van der Waals surface area contributed by atoms with Crippen molar-refractivity contribution in [2.45, 2.75) is 6.92 Å². The number of carbonyl (C=O) groups is 2. The number of thiocarbonyl (C=S) groups is 1. The zero-order chi connectivity index (χ0) is 22.7. The first-order chi connectivity index (χ1) is 14.7. The monoisotopic (exact) mass is 462 g/mol. The van der Waals surface area contributed by atoms with Crippen LogP contribution < -0.4 is 10.2 Å². The number of nitrogens with one attached hydrogen (secondary N) is 1. The van der Waals surface area contributed by atoms with Crippen LogP contribution >= 0.6 is 23.8 Å². The third kappa shape index (κ3) is 5.09. The van der Waals surface area contributed by atoms with Crippen LogP contribution in [0.5, 0.6) is 0 Å². The van der Waals surface area contributed by atoms with Crippen molar-refractivity contribution in [1.29, 1.82) is 0 Å². The topological polar surface area (TPSA) is 116 Å². The first-order valence-electron chi connectivity index (χ1n) is 9.30. The molecular weight excluding hydrogens is 444 g/mol. The number of nitro groups is 1. The average Bonchev–Trinajstić information content (AvgIpc) is 2.73. The van der Waals surface area contributed by atoms with Crippen LogP contribution in [0.25, 0.3) is 0 Å². The molecule has 2 aromatic rings. The van der Waals surface area contributed by atoms with Gasteiger partial charge in [0, 0.05) is 43.5 Å². The van der Waals surface area contributed by atoms with Crippen LogP contribution in [0, 0.1) is 10.1 Å². The van der Waals surface area contributed by atoms with E-state index in [-0.39, 0.29) is 22.1 Å². The van der Waals surface area contributed by atoms with Crippen molar-refractivity contribution < 1.29 is 19.6 Å². The van der Waals surface area contributed by atoms with Crippen LogP contribution in [-0.4, -0.2) is 58.0 Å². The van der Waals surface area contributed by atoms with Gasteiger partial charge in [-0.15, -0.1) is 0 Å². The molecule has 0 amide bonds. The molecule has 2 aromatic carbocycles. The molecule has 3 rings (SSSR count). The van der Waals surface area contributed by atoms with Gasteiger partial charge < -0.3 is 20.2 Å². The number of nitro benzene ring substituents is 1. The van der Waals surface area contributed by atoms with E-state index in [0.29, 0.717) is 48.2 Å². The second kappa shape index (κ2) is 9.27. The SMILES string of the molecule is CC(=O)c1ccc([N+](=O)[O-])c(N2CCN(C(=S)Nc3ccc(C(=O)O)c(Cl)c3)CC2)c1. The van der Waals surface area contributed by atoms with Crippen LogP contribution in [0.15, 0.2) is 36.4 Å². The number of hydrogen-bond acceptors (Lipinski definition) is 6. The molecule has 0 bridgehead atoms. The second-order valence-electron chi connectivity index (χ2n) is 6.92. The molecule has 0 radical (unpaired) electrons. The summed E-state index contributed by atoms with van der Waals surface area (Å²) in [6, 6.07) is 8.83. The van der Waals surface area contributed by atoms with Crippen molar-refractivity contribution in [1.82, 2.24) is 4.90 Å². The number of benzene rings is 2. The molecule has 1 fully saturated rings. The maximum absolute atomic E-state index is 11.7. The molecule has 0 aromatic heterocycles. The lowest BCUT2D eigenvalue weighted by Crippen LogP contribution is -2.50. The first-order valence-corrected chi connectivity index (χ1v) is 10.1. The molecule has 0 spiro atoms. The van der Waals surface area contributed by atoms with E-state index >= 15 is 0 Å². The van der Waals surface area contributed by atoms with Crippen LogP contribution in [0.2, 0.25) is 5.02 Å². The summed E-state index contributed by atoms with van der Waals surface area (Å²) in [5.74, 6) is -1.27. The highest BCUT2D eigenvalue weighted by Crippen LogP contribution is 2.30. The fraction of sp³-hybridized carbons (Fsp3) is 0.250. The fourth-order valence-electron chi connectivity index (χ4n) is 3.27. The summed E-state index contributed by atoms with van der Waals surface area (Å²) in [4.78, 5) is 37.5. The molecule has 0 unspecified atom stereocenters. The number of hydrogen-bond donors (Lipinski definition) is 2. The molecule has 1 heterocycles. The number of nitrogens with zero attached hydrogens (tertiary/aromatic N) is 3. The van der Waals surface area contributed by atoms with E-state index < -0.39 is 10.9 Å². The molecule has 162 valence electrons. The summed E-state index contributed by atoms with van der Waals surface area (Å²) < 4.78 is 0. The minimum atomic E-state index is -1.11. The summed E-state index contributed by atoms with van der Waals surface area (Å²) >= 11 is 11.4. The number of piperazine rings is 1. The van der Waals surface area contributed by atoms with Crippen molar-refractivity contribution in [2.75, 3.05) is 36.4 Å². The van der Waals surface area contributed by atoms with Gasteiger partial charge in [-0.05, 0) is 49.5 Å². The Bertz CT molecular complexity index is 1070. The number of ketones is 1. The molecule has 1 saturated heterocycles. The maximum atomic E-state index is 11.7. The summed E-state index contributed by atoms with van der Waals surface area (Å²) in [6.45, 7) is 3.39. The highest BCUT2D eigenvalue weighted by molar-refractivity contribution is 7.80. The lowest BCUT2D eigenvalue weighted by Gasteiger charge is -2.37. The van der Waals surface area contributed by atoms with Gasteiger partial charge in [-0.1, -0.05) is 11.6 Å². The quantitative estimate of drug-likeness (QED) is 0.297. The van der Waals surface area contributed by atoms with Crippen molar-refractivity contribution >= 4 is 57.7 Å². The lowest BCUT2D eigenvalue weighted by atomic mass is 10.1. The summed E-state index contributed by atoms with van der Waals surface area (Å²) in [5.41, 5.74) is 1.34. The van der Waals surface area contributed by atoms with Gasteiger partial charge in [0.2, 0.25) is 0 Å². The largest absolute Gasteiger partial charge is 0.478 e. The second-order valence-corrected chi connectivity index (χ2v) is 7.71. The van der Waals surface area contributed by atoms with Gasteiger partial charge in [-0.3, -0.25) is 14.9 Å². The fourth-order valence-corrected chi connectivity index (χ4v) is 3.83. The average molecular weight is 463 g/mol. The van der Waals surface area contributed by atoms with Crippen LogP contribution in [0.4, 0.5) is 17.1 Å². The predicted molar refractivity (Wildman–Crippen MR) is 122 cm³/mol. The number of aromatic carboxylic acids is 1. The molecule has 1 aliphatic rings. The first kappa shape index (κ1) is 22.4. The normalized spacial score (nSPS) is 13.6. The number of Topliss-reactive ketones (excluding diaryl/α,β-unsaturated/α-hetero) is 1. The molecular formula is C20H19ClN4O5S. The Hall–Kier alpha value is -3.24. The lowest BCUT2D eigenvalue weighted by molar-refractivity contribution is -0.384. The van der Waals surface area contributed by atoms with Crippen molar-refractivity contribution in [3.8, 4) is 0 Å². The van der Waals surface area contributed by atoms with E-state index in [1.165, 1.54) is 31.2 Å². The predicted octanol–water partition coefficient (Wildman–Crippen LogP) is 3.67. The minimum Gasteiger partial charge on any atom is -0.478 e. The third-order valence-electron chi connectivity index (χ3n) is 4.94. The van der Waals surface area contributed by atoms with E-state index in [2.05, 4.69) is 5.32 Å². The van der Waals surface area contributed by atoms with Crippen LogP contribution in [0.3, 0.4) is 0 Å². The number of anilines is 2. The third-order valence-corrected chi connectivity index (χ3v) is 5.61. The Morgan fingerprint density at radius 3 is 2.39 bits per heavy atom. The molecule has 11 heteroatoms. The van der Waals surface area contributed by atoms with Crippen LogP contribution in [0.1, 0.15) is 27.6 Å². The van der Waals surface area contributed by atoms with E-state index in [1.54, 1.807) is 12.1 Å². The van der Waals surface area contributed by atoms with Crippen molar-refractivity contribution in [3.63, 3.8) is 0 Å². The number of carbonyl (C=O) groups excluding carboxylic acids is 1. The number of carboxylic acid groups (broad SMARTS) is 1. The molecule has 0 aliphatic carbocycles. The van der Waals surface area contributed by atoms with Crippen molar-refractivity contribution in [3.05, 3.63) is 62.7 Å². The highest BCUT2D eigenvalue weighted by atomic mass is 35.5. The van der Waals surface area contributed by atoms with E-state index in [0.717, 1.165) is 0 Å². The van der Waals surface area contributed by atoms with Gasteiger partial charge in [-0.25, -0.2) is 4.79 Å². The van der Waals surface area contributed by atoms with Gasteiger partial charge in [0.25, 0.3) is 5.69 Å². The van der Waals surface area contributed by atoms with Gasteiger partial charge in [0.1, 0.15) is 5.69 Å². The Kier molecular flexibility index (Phi) is 6.71. The Balaban J connectivity index is 1.68. The maximum Gasteiger partial charge on any atom is 0.337 e. The molecule has 1 aliphatic heterocycles. The summed E-state index contributed by atoms with van der Waals surface area (Å²) in [7, 11) is 0. The zero-order valence-electron chi connectivity index (χ0n) is 16.5. The van der Waals surface area contributed by atoms with E-state index in [4.69, 9.17) is 28.9 Å². The summed E-state index contributed by atoms with van der Waals surface area (Å²) in [5, 5.41) is 24.0. The van der Waals surface area contributed by atoms with Gasteiger partial charge in [0.05, 0.1) is 15.5 Å². The Morgan fingerprint density at radius 1 is 1.16 bits per heavy atom. The Labute approximate surface area is 188 Å². The summed E-state index contributed by atoms with van der Waals surface area (Å²) in [6.07, 6.45) is 0. The Morgan fingerprint density at radius 2 is 1.84 bits per heavy atom. The zero-order valence-corrected chi connectivity index (χ0v) is 18.1. The standard InChI is InChI=1S/C20H19ClN4O5S/c1-12(26)13-2-5-17(25(29)30)18(10-13)23-6-8-24(9-7-23)20(31)22-14-3-4-15(19(27)28)16(21)11-14/h2-5,10-11H,6-9H2,1H3,(H,22,31)(H,27,28). The van der Waals surface area contributed by atoms with E-state index in [9.17, 15) is 19.7 Å². The van der Waals surface area contributed by atoms with E-state index in [1.807, 2.05) is 9.80 Å². The highest BCUT2D eigenvalue weighted by Gasteiger charge is 2.25. The van der Waals surface area contributed by atoms with Gasteiger partial charge in [0.15, 0.2) is 10.9 Å². The number of rotatable bonds is 5. The molecule has 2 N–H and O–H groups in total. The number of carboxylic acids is 1. The van der Waals surface area contributed by atoms with Crippen molar-refractivity contribution in [2.24, 2.45) is 0 Å². The van der Waals surface area contributed by atoms with Gasteiger partial charge >= 0.3 is 5.97 Å². The molecule has 0 atom stereocenters. The van der Waals surface area contributed by atoms with Gasteiger partial charge in [-0.2, -0.15) is 0 Å². The molecule has 31 heavy (non-hydrogen) atoms. The van der Waals surface area contributed by atoms with Crippen LogP contribution in [-0.2, 0) is 0 Å².